The largest absolute Gasteiger partial charge is 0.357 e. The minimum atomic E-state index is -1.63. The van der Waals surface area contributed by atoms with Crippen molar-refractivity contribution in [1.29, 1.82) is 0 Å². The van der Waals surface area contributed by atoms with Crippen LogP contribution >= 0.6 is 0 Å². The molecule has 2 aromatic carbocycles. The number of hydrogen-bond acceptors (Lipinski definition) is 5. The van der Waals surface area contributed by atoms with E-state index in [1.807, 2.05) is 43.3 Å². The van der Waals surface area contributed by atoms with E-state index in [0.717, 1.165) is 18.4 Å². The molecule has 2 aromatic rings. The van der Waals surface area contributed by atoms with Crippen molar-refractivity contribution in [3.8, 4) is 0 Å². The van der Waals surface area contributed by atoms with E-state index in [4.69, 9.17) is 21.1 Å². The zero-order valence-electron chi connectivity index (χ0n) is 18.3. The number of nitrogens with two attached hydrogens (primary N) is 2. The predicted octanol–water partition coefficient (Wildman–Crippen LogP) is 4.60. The molecule has 0 aromatic heterocycles. The molecule has 0 aliphatic heterocycles. The average molecular weight is 416 g/mol. The van der Waals surface area contributed by atoms with Gasteiger partial charge in [-0.1, -0.05) is 80.3 Å². The standard InChI is InChI=1S/C23H37N3O2Si/c1-5-27-23(29(2,3)4)28-21(19-13-8-6-9-14-19)17-12-18-26(25)22(24)20-15-10-7-11-16-20/h6-11,13-16,21-23H,5,12,17-18,24-25H2,1-4H3. The molecule has 0 aliphatic rings. The number of nitrogens with zero attached hydrogens (tertiary/aromatic N) is 1. The Labute approximate surface area is 177 Å². The van der Waals surface area contributed by atoms with Crippen LogP contribution in [0.4, 0.5) is 0 Å². The third kappa shape index (κ3) is 7.66. The van der Waals surface area contributed by atoms with Crippen molar-refractivity contribution in [2.45, 2.75) is 57.6 Å². The second-order valence-corrected chi connectivity index (χ2v) is 13.6. The molecule has 0 spiro atoms. The van der Waals surface area contributed by atoms with Gasteiger partial charge in [-0.15, -0.1) is 0 Å². The molecule has 6 heteroatoms. The Morgan fingerprint density at radius 1 is 0.931 bits per heavy atom. The molecule has 2 rings (SSSR count). The van der Waals surface area contributed by atoms with E-state index in [1.165, 1.54) is 5.56 Å². The monoisotopic (exact) mass is 415 g/mol. The van der Waals surface area contributed by atoms with Gasteiger partial charge in [0.05, 0.1) is 12.3 Å². The summed E-state index contributed by atoms with van der Waals surface area (Å²) in [5.41, 5.74) is 8.49. The highest BCUT2D eigenvalue weighted by Crippen LogP contribution is 2.28. The summed E-state index contributed by atoms with van der Waals surface area (Å²) >= 11 is 0. The van der Waals surface area contributed by atoms with Crippen molar-refractivity contribution in [3.05, 3.63) is 71.8 Å². The van der Waals surface area contributed by atoms with Gasteiger partial charge in [-0.25, -0.2) is 5.01 Å². The van der Waals surface area contributed by atoms with Crippen molar-refractivity contribution in [1.82, 2.24) is 5.01 Å². The van der Waals surface area contributed by atoms with Crippen molar-refractivity contribution < 1.29 is 9.47 Å². The molecule has 5 nitrogen and oxygen atoms in total. The number of hydrazine groups is 1. The molecule has 0 fully saturated rings. The molecule has 0 amide bonds. The Morgan fingerprint density at radius 3 is 2.00 bits per heavy atom. The molecule has 0 aliphatic carbocycles. The van der Waals surface area contributed by atoms with Crippen LogP contribution in [0.1, 0.15) is 43.2 Å². The van der Waals surface area contributed by atoms with Crippen LogP contribution in [0, 0.1) is 0 Å². The van der Waals surface area contributed by atoms with Crippen molar-refractivity contribution >= 4 is 8.07 Å². The third-order valence-corrected chi connectivity index (χ3v) is 6.58. The van der Waals surface area contributed by atoms with Gasteiger partial charge in [-0.2, -0.15) is 0 Å². The van der Waals surface area contributed by atoms with Gasteiger partial charge in [-0.3, -0.25) is 5.84 Å². The normalized spacial score (nSPS) is 15.3. The smallest absolute Gasteiger partial charge is 0.141 e. The van der Waals surface area contributed by atoms with E-state index in [1.54, 1.807) is 5.01 Å². The molecule has 3 atom stereocenters. The summed E-state index contributed by atoms with van der Waals surface area (Å²) in [4.78, 5) is 0. The van der Waals surface area contributed by atoms with Crippen molar-refractivity contribution in [2.24, 2.45) is 11.6 Å². The number of hydrogen-bond donors (Lipinski definition) is 2. The van der Waals surface area contributed by atoms with Gasteiger partial charge in [0.15, 0.2) is 0 Å². The molecular weight excluding hydrogens is 378 g/mol. The maximum atomic E-state index is 6.52. The van der Waals surface area contributed by atoms with Crippen LogP contribution in [0.2, 0.25) is 19.6 Å². The highest BCUT2D eigenvalue weighted by Gasteiger charge is 2.31. The molecule has 160 valence electrons. The average Bonchev–Trinajstić information content (AvgIpc) is 2.72. The summed E-state index contributed by atoms with van der Waals surface area (Å²) in [6, 6.07) is 20.3. The van der Waals surface area contributed by atoms with E-state index in [0.29, 0.717) is 13.2 Å². The van der Waals surface area contributed by atoms with Crippen LogP contribution in [-0.2, 0) is 9.47 Å². The topological polar surface area (TPSA) is 73.7 Å². The van der Waals surface area contributed by atoms with Gasteiger partial charge in [0, 0.05) is 13.2 Å². The van der Waals surface area contributed by atoms with Crippen LogP contribution in [0.25, 0.3) is 0 Å². The molecule has 0 saturated carbocycles. The molecule has 3 unspecified atom stereocenters. The molecule has 0 saturated heterocycles. The van der Waals surface area contributed by atoms with Gasteiger partial charge < -0.3 is 15.2 Å². The highest BCUT2D eigenvalue weighted by molar-refractivity contribution is 6.77. The summed E-state index contributed by atoms with van der Waals surface area (Å²) in [6.07, 6.45) is 1.39. The Balaban J connectivity index is 2.01. The highest BCUT2D eigenvalue weighted by atomic mass is 28.3. The molecular formula is C23H37N3O2Si. The molecule has 0 heterocycles. The summed E-state index contributed by atoms with van der Waals surface area (Å²) in [5.74, 6) is 6.10. The lowest BCUT2D eigenvalue weighted by Gasteiger charge is -2.33. The van der Waals surface area contributed by atoms with E-state index in [2.05, 4.69) is 43.9 Å². The van der Waals surface area contributed by atoms with Gasteiger partial charge in [0.1, 0.15) is 14.0 Å². The Morgan fingerprint density at radius 2 is 1.48 bits per heavy atom. The van der Waals surface area contributed by atoms with E-state index >= 15 is 0 Å². The van der Waals surface area contributed by atoms with Gasteiger partial charge in [0.25, 0.3) is 0 Å². The van der Waals surface area contributed by atoms with Crippen LogP contribution < -0.4 is 11.6 Å². The second kappa shape index (κ2) is 11.6. The molecule has 29 heavy (non-hydrogen) atoms. The fourth-order valence-electron chi connectivity index (χ4n) is 3.21. The lowest BCUT2D eigenvalue weighted by atomic mass is 10.0. The lowest BCUT2D eigenvalue weighted by molar-refractivity contribution is -0.129. The maximum Gasteiger partial charge on any atom is 0.141 e. The molecule has 0 bridgehead atoms. The van der Waals surface area contributed by atoms with Crippen molar-refractivity contribution in [2.75, 3.05) is 13.2 Å². The summed E-state index contributed by atoms with van der Waals surface area (Å²) in [5, 5.41) is 1.70. The summed E-state index contributed by atoms with van der Waals surface area (Å²) in [7, 11) is -1.63. The Hall–Kier alpha value is -1.54. The Bertz CT molecular complexity index is 694. The van der Waals surface area contributed by atoms with E-state index in [-0.39, 0.29) is 18.2 Å². The first-order valence-corrected chi connectivity index (χ1v) is 14.0. The summed E-state index contributed by atoms with van der Waals surface area (Å²) < 4.78 is 12.5. The lowest BCUT2D eigenvalue weighted by Crippen LogP contribution is -2.43. The maximum absolute atomic E-state index is 6.52. The summed E-state index contributed by atoms with van der Waals surface area (Å²) in [6.45, 7) is 10.2. The number of rotatable bonds is 12. The van der Waals surface area contributed by atoms with Gasteiger partial charge in [-0.05, 0) is 30.9 Å². The molecule has 4 N–H and O–H groups in total. The number of benzene rings is 2. The van der Waals surface area contributed by atoms with E-state index in [9.17, 15) is 0 Å². The molecule has 0 radical (unpaired) electrons. The van der Waals surface area contributed by atoms with Gasteiger partial charge >= 0.3 is 0 Å². The minimum Gasteiger partial charge on any atom is -0.357 e. The van der Waals surface area contributed by atoms with E-state index < -0.39 is 8.07 Å². The van der Waals surface area contributed by atoms with Gasteiger partial charge in [0.2, 0.25) is 0 Å². The van der Waals surface area contributed by atoms with Crippen LogP contribution in [0.15, 0.2) is 60.7 Å². The van der Waals surface area contributed by atoms with Crippen LogP contribution in [-0.4, -0.2) is 32.1 Å². The Kier molecular flexibility index (Phi) is 9.49. The first-order valence-electron chi connectivity index (χ1n) is 10.5. The number of ether oxygens (including phenoxy) is 2. The fraction of sp³-hybridized carbons (Fsp3) is 0.478. The predicted molar refractivity (Wildman–Crippen MR) is 123 cm³/mol. The van der Waals surface area contributed by atoms with Crippen molar-refractivity contribution in [3.63, 3.8) is 0 Å². The SMILES string of the molecule is CCOC(OC(CCCN(N)C(N)c1ccccc1)c1ccccc1)[Si](C)(C)C. The fourth-order valence-corrected chi connectivity index (χ4v) is 4.45. The second-order valence-electron chi connectivity index (χ2n) is 8.42. The first-order chi connectivity index (χ1) is 13.8. The quantitative estimate of drug-likeness (QED) is 0.229. The van der Waals surface area contributed by atoms with Crippen LogP contribution in [0.3, 0.4) is 0 Å². The first kappa shape index (κ1) is 23.7. The minimum absolute atomic E-state index is 0.0270. The zero-order chi connectivity index (χ0) is 21.3. The van der Waals surface area contributed by atoms with Crippen LogP contribution in [0.5, 0.6) is 0 Å². The third-order valence-electron chi connectivity index (χ3n) is 4.87. The zero-order valence-corrected chi connectivity index (χ0v) is 19.3.